The first kappa shape index (κ1) is 13.7. The lowest BCUT2D eigenvalue weighted by atomic mass is 10.2. The van der Waals surface area contributed by atoms with Crippen LogP contribution in [0.25, 0.3) is 0 Å². The minimum atomic E-state index is -0.442. The molecule has 0 aromatic carbocycles. The summed E-state index contributed by atoms with van der Waals surface area (Å²) < 4.78 is 4.84. The van der Waals surface area contributed by atoms with Gasteiger partial charge in [-0.3, -0.25) is 0 Å². The number of methoxy groups -OCH3 is 1. The molecule has 17 heavy (non-hydrogen) atoms. The van der Waals surface area contributed by atoms with E-state index in [0.717, 1.165) is 18.2 Å². The molecule has 0 radical (unpaired) electrons. The monoisotopic (exact) mass is 240 g/mol. The molecule has 1 heterocycles. The van der Waals surface area contributed by atoms with Crippen LogP contribution in [-0.2, 0) is 4.74 Å². The molecule has 1 atom stereocenters. The zero-order valence-corrected chi connectivity index (χ0v) is 10.3. The molecule has 0 amide bonds. The lowest BCUT2D eigenvalue weighted by Crippen LogP contribution is -2.18. The van der Waals surface area contributed by atoms with Gasteiger partial charge in [0.1, 0.15) is 18.0 Å². The van der Waals surface area contributed by atoms with Gasteiger partial charge in [-0.25, -0.2) is 9.97 Å². The van der Waals surface area contributed by atoms with Crippen molar-refractivity contribution < 1.29 is 9.84 Å². The Hall–Kier alpha value is -1.40. The van der Waals surface area contributed by atoms with Crippen LogP contribution in [-0.4, -0.2) is 48.0 Å². The van der Waals surface area contributed by atoms with E-state index in [-0.39, 0.29) is 0 Å². The normalized spacial score (nSPS) is 12.2. The first-order valence-corrected chi connectivity index (χ1v) is 5.73. The maximum absolute atomic E-state index is 9.46. The van der Waals surface area contributed by atoms with E-state index in [1.165, 1.54) is 6.33 Å². The van der Waals surface area contributed by atoms with Gasteiger partial charge >= 0.3 is 0 Å². The number of anilines is 2. The molecule has 0 spiro atoms. The van der Waals surface area contributed by atoms with E-state index >= 15 is 0 Å². The van der Waals surface area contributed by atoms with E-state index in [1.54, 1.807) is 7.11 Å². The summed E-state index contributed by atoms with van der Waals surface area (Å²) in [5, 5.41) is 15.7. The highest BCUT2D eigenvalue weighted by Gasteiger charge is 2.03. The zero-order chi connectivity index (χ0) is 12.5. The Balaban J connectivity index is 2.33. The SMILES string of the molecule is CCNc1cc(NCCC(O)COC)ncn1. The summed E-state index contributed by atoms with van der Waals surface area (Å²) in [6.45, 7) is 3.83. The Kier molecular flexibility index (Phi) is 6.27. The molecule has 1 aromatic heterocycles. The standard InChI is InChI=1S/C11H20N4O2/c1-3-12-10-6-11(15-8-14-10)13-5-4-9(16)7-17-2/h6,8-9,16H,3-5,7H2,1-2H3,(H2,12,13,14,15). The number of aliphatic hydroxyl groups excluding tert-OH is 1. The van der Waals surface area contributed by atoms with Crippen LogP contribution in [0.4, 0.5) is 11.6 Å². The minimum Gasteiger partial charge on any atom is -0.391 e. The van der Waals surface area contributed by atoms with E-state index in [4.69, 9.17) is 4.74 Å². The lowest BCUT2D eigenvalue weighted by molar-refractivity contribution is 0.0615. The van der Waals surface area contributed by atoms with E-state index in [2.05, 4.69) is 20.6 Å². The Morgan fingerprint density at radius 3 is 2.71 bits per heavy atom. The molecule has 0 saturated heterocycles. The molecule has 0 aliphatic carbocycles. The molecule has 0 bridgehead atoms. The molecule has 6 heteroatoms. The molecule has 3 N–H and O–H groups in total. The third-order valence-electron chi connectivity index (χ3n) is 2.17. The van der Waals surface area contributed by atoms with Crippen molar-refractivity contribution in [3.63, 3.8) is 0 Å². The number of rotatable bonds is 8. The fourth-order valence-electron chi connectivity index (χ4n) is 1.37. The predicted octanol–water partition coefficient (Wildman–Crippen LogP) is 0.718. The van der Waals surface area contributed by atoms with Crippen molar-refractivity contribution in [2.75, 3.05) is 37.4 Å². The second kappa shape index (κ2) is 7.81. The minimum absolute atomic E-state index is 0.355. The molecule has 6 nitrogen and oxygen atoms in total. The van der Waals surface area contributed by atoms with Gasteiger partial charge in [0.2, 0.25) is 0 Å². The Labute approximate surface area is 101 Å². The number of aromatic nitrogens is 2. The van der Waals surface area contributed by atoms with Crippen LogP contribution >= 0.6 is 0 Å². The van der Waals surface area contributed by atoms with Crippen LogP contribution in [0, 0.1) is 0 Å². The smallest absolute Gasteiger partial charge is 0.131 e. The van der Waals surface area contributed by atoms with Crippen molar-refractivity contribution in [1.82, 2.24) is 9.97 Å². The molecule has 1 rings (SSSR count). The summed E-state index contributed by atoms with van der Waals surface area (Å²) in [5.41, 5.74) is 0. The van der Waals surface area contributed by atoms with Crippen LogP contribution in [0.3, 0.4) is 0 Å². The summed E-state index contributed by atoms with van der Waals surface area (Å²) in [4.78, 5) is 8.16. The highest BCUT2D eigenvalue weighted by Crippen LogP contribution is 2.08. The van der Waals surface area contributed by atoms with Gasteiger partial charge in [0.15, 0.2) is 0 Å². The topological polar surface area (TPSA) is 79.3 Å². The zero-order valence-electron chi connectivity index (χ0n) is 10.3. The van der Waals surface area contributed by atoms with Gasteiger partial charge in [0.05, 0.1) is 12.7 Å². The Morgan fingerprint density at radius 2 is 2.06 bits per heavy atom. The van der Waals surface area contributed by atoms with Crippen LogP contribution in [0.5, 0.6) is 0 Å². The third-order valence-corrected chi connectivity index (χ3v) is 2.17. The fourth-order valence-corrected chi connectivity index (χ4v) is 1.37. The van der Waals surface area contributed by atoms with E-state index < -0.39 is 6.10 Å². The van der Waals surface area contributed by atoms with Gasteiger partial charge in [-0.1, -0.05) is 0 Å². The third kappa shape index (κ3) is 5.46. The average molecular weight is 240 g/mol. The quantitative estimate of drug-likeness (QED) is 0.621. The lowest BCUT2D eigenvalue weighted by Gasteiger charge is -2.10. The Morgan fingerprint density at radius 1 is 1.35 bits per heavy atom. The predicted molar refractivity (Wildman–Crippen MR) is 67.2 cm³/mol. The number of nitrogens with one attached hydrogen (secondary N) is 2. The molecular weight excluding hydrogens is 220 g/mol. The summed E-state index contributed by atoms with van der Waals surface area (Å²) in [6.07, 6.45) is 1.68. The highest BCUT2D eigenvalue weighted by molar-refractivity contribution is 5.46. The maximum Gasteiger partial charge on any atom is 0.131 e. The summed E-state index contributed by atoms with van der Waals surface area (Å²) in [5.74, 6) is 1.54. The van der Waals surface area contributed by atoms with Crippen LogP contribution < -0.4 is 10.6 Å². The van der Waals surface area contributed by atoms with Crippen LogP contribution in [0.1, 0.15) is 13.3 Å². The van der Waals surface area contributed by atoms with Crippen molar-refractivity contribution in [3.8, 4) is 0 Å². The van der Waals surface area contributed by atoms with Gasteiger partial charge in [-0.15, -0.1) is 0 Å². The van der Waals surface area contributed by atoms with Crippen LogP contribution in [0.2, 0.25) is 0 Å². The second-order valence-electron chi connectivity index (χ2n) is 3.64. The molecule has 0 saturated carbocycles. The second-order valence-corrected chi connectivity index (χ2v) is 3.64. The molecule has 0 fully saturated rings. The van der Waals surface area contributed by atoms with Gasteiger partial charge in [-0.2, -0.15) is 0 Å². The van der Waals surface area contributed by atoms with Gasteiger partial charge in [0.25, 0.3) is 0 Å². The summed E-state index contributed by atoms with van der Waals surface area (Å²) in [6, 6.07) is 1.84. The molecule has 1 aromatic rings. The van der Waals surface area contributed by atoms with Crippen molar-refractivity contribution in [3.05, 3.63) is 12.4 Å². The van der Waals surface area contributed by atoms with Crippen LogP contribution in [0.15, 0.2) is 12.4 Å². The largest absolute Gasteiger partial charge is 0.391 e. The van der Waals surface area contributed by atoms with E-state index in [9.17, 15) is 5.11 Å². The molecular formula is C11H20N4O2. The first-order valence-electron chi connectivity index (χ1n) is 5.73. The molecule has 0 aliphatic rings. The van der Waals surface area contributed by atoms with Crippen molar-refractivity contribution >= 4 is 11.6 Å². The number of nitrogens with zero attached hydrogens (tertiary/aromatic N) is 2. The first-order chi connectivity index (χ1) is 8.26. The van der Waals surface area contributed by atoms with Crippen molar-refractivity contribution in [2.45, 2.75) is 19.4 Å². The van der Waals surface area contributed by atoms with Gasteiger partial charge in [0, 0.05) is 26.3 Å². The van der Waals surface area contributed by atoms with Gasteiger partial charge < -0.3 is 20.5 Å². The van der Waals surface area contributed by atoms with E-state index in [1.807, 2.05) is 13.0 Å². The molecule has 0 aliphatic heterocycles. The number of hydrogen-bond acceptors (Lipinski definition) is 6. The maximum atomic E-state index is 9.46. The fraction of sp³-hybridized carbons (Fsp3) is 0.636. The van der Waals surface area contributed by atoms with Gasteiger partial charge in [-0.05, 0) is 13.3 Å². The number of ether oxygens (including phenoxy) is 1. The molecule has 96 valence electrons. The highest BCUT2D eigenvalue weighted by atomic mass is 16.5. The number of aliphatic hydroxyl groups is 1. The molecule has 1 unspecified atom stereocenters. The van der Waals surface area contributed by atoms with E-state index in [0.29, 0.717) is 19.6 Å². The van der Waals surface area contributed by atoms with Crippen molar-refractivity contribution in [2.24, 2.45) is 0 Å². The van der Waals surface area contributed by atoms with Crippen molar-refractivity contribution in [1.29, 1.82) is 0 Å². The Bertz CT molecular complexity index is 322. The average Bonchev–Trinajstić information content (AvgIpc) is 2.30. The number of hydrogen-bond donors (Lipinski definition) is 3. The summed E-state index contributed by atoms with van der Waals surface area (Å²) in [7, 11) is 1.57. The summed E-state index contributed by atoms with van der Waals surface area (Å²) >= 11 is 0.